The Morgan fingerprint density at radius 2 is 2.10 bits per heavy atom. The van der Waals surface area contributed by atoms with E-state index in [0.717, 1.165) is 45.7 Å². The van der Waals surface area contributed by atoms with Gasteiger partial charge in [0.15, 0.2) is 0 Å². The Kier molecular flexibility index (Phi) is 5.08. The molecule has 0 radical (unpaired) electrons. The van der Waals surface area contributed by atoms with E-state index < -0.39 is 0 Å². The monoisotopic (exact) mass is 352 g/mol. The molecule has 2 rings (SSSR count). The van der Waals surface area contributed by atoms with Crippen molar-refractivity contribution in [1.29, 1.82) is 0 Å². The summed E-state index contributed by atoms with van der Waals surface area (Å²) in [5, 5.41) is 12.8. The molecule has 114 valence electrons. The molecule has 0 aliphatic carbocycles. The summed E-state index contributed by atoms with van der Waals surface area (Å²) in [5.41, 5.74) is 7.90. The summed E-state index contributed by atoms with van der Waals surface area (Å²) in [4.78, 5) is 0. The normalized spacial score (nSPS) is 12.7. The van der Waals surface area contributed by atoms with Gasteiger partial charge >= 0.3 is 0 Å². The van der Waals surface area contributed by atoms with Gasteiger partial charge in [0.2, 0.25) is 0 Å². The molecule has 0 bridgehead atoms. The Morgan fingerprint density at radius 1 is 1.38 bits per heavy atom. The van der Waals surface area contributed by atoms with E-state index in [0.29, 0.717) is 0 Å². The first kappa shape index (κ1) is 16.1. The molecular formula is C14H21BrN6. The van der Waals surface area contributed by atoms with Crippen LogP contribution < -0.4 is 11.3 Å². The Labute approximate surface area is 133 Å². The van der Waals surface area contributed by atoms with Gasteiger partial charge in [0.1, 0.15) is 0 Å². The number of aryl methyl sites for hydroxylation is 4. The Morgan fingerprint density at radius 3 is 2.67 bits per heavy atom. The van der Waals surface area contributed by atoms with Gasteiger partial charge in [-0.1, -0.05) is 6.92 Å². The smallest absolute Gasteiger partial charge is 0.0766 e. The molecule has 21 heavy (non-hydrogen) atoms. The third kappa shape index (κ3) is 3.30. The molecule has 0 aliphatic heterocycles. The molecule has 2 heterocycles. The molecule has 3 N–H and O–H groups in total. The number of hydrogen-bond donors (Lipinski definition) is 2. The average Bonchev–Trinajstić information content (AvgIpc) is 2.74. The van der Waals surface area contributed by atoms with Crippen LogP contribution in [0.15, 0.2) is 10.5 Å². The van der Waals surface area contributed by atoms with Gasteiger partial charge in [-0.05, 0) is 47.8 Å². The lowest BCUT2D eigenvalue weighted by molar-refractivity contribution is 0.522. The number of halogens is 1. The summed E-state index contributed by atoms with van der Waals surface area (Å²) in [6, 6.07) is 1.99. The predicted molar refractivity (Wildman–Crippen MR) is 85.6 cm³/mol. The van der Waals surface area contributed by atoms with Gasteiger partial charge in [-0.3, -0.25) is 16.0 Å². The number of hydrogen-bond acceptors (Lipinski definition) is 5. The van der Waals surface area contributed by atoms with Gasteiger partial charge in [-0.25, -0.2) is 0 Å². The van der Waals surface area contributed by atoms with Crippen molar-refractivity contribution < 1.29 is 0 Å². The summed E-state index contributed by atoms with van der Waals surface area (Å²) in [6.45, 7) is 5.97. The molecule has 1 unspecified atom stereocenters. The highest BCUT2D eigenvalue weighted by molar-refractivity contribution is 9.10. The maximum atomic E-state index is 5.77. The zero-order valence-corrected chi connectivity index (χ0v) is 14.4. The van der Waals surface area contributed by atoms with E-state index in [1.807, 2.05) is 31.6 Å². The maximum Gasteiger partial charge on any atom is 0.0766 e. The second kappa shape index (κ2) is 6.64. The first-order valence-electron chi connectivity index (χ1n) is 6.95. The van der Waals surface area contributed by atoms with E-state index in [2.05, 4.69) is 43.6 Å². The van der Waals surface area contributed by atoms with Crippen molar-refractivity contribution >= 4 is 15.9 Å². The minimum atomic E-state index is -0.0318. The van der Waals surface area contributed by atoms with Crippen molar-refractivity contribution in [3.63, 3.8) is 0 Å². The molecular weight excluding hydrogens is 332 g/mol. The topological polar surface area (TPSA) is 81.7 Å². The van der Waals surface area contributed by atoms with Crippen molar-refractivity contribution in [3.8, 4) is 0 Å². The predicted octanol–water partition coefficient (Wildman–Crippen LogP) is 1.90. The molecule has 6 nitrogen and oxygen atoms in total. The van der Waals surface area contributed by atoms with E-state index in [9.17, 15) is 0 Å². The highest BCUT2D eigenvalue weighted by atomic mass is 79.9. The molecule has 0 aliphatic rings. The number of rotatable bonds is 5. The lowest BCUT2D eigenvalue weighted by Gasteiger charge is -2.18. The van der Waals surface area contributed by atoms with Crippen molar-refractivity contribution in [1.82, 2.24) is 25.4 Å². The van der Waals surface area contributed by atoms with E-state index in [1.165, 1.54) is 0 Å². The lowest BCUT2D eigenvalue weighted by Crippen LogP contribution is -2.31. The highest BCUT2D eigenvalue weighted by Gasteiger charge is 2.20. The molecule has 7 heteroatoms. The number of nitrogens with zero attached hydrogens (tertiary/aromatic N) is 4. The van der Waals surface area contributed by atoms with Gasteiger partial charge in [-0.2, -0.15) is 15.3 Å². The summed E-state index contributed by atoms with van der Waals surface area (Å²) in [7, 11) is 1.95. The van der Waals surface area contributed by atoms with E-state index >= 15 is 0 Å². The Hall–Kier alpha value is -1.31. The van der Waals surface area contributed by atoms with Crippen LogP contribution in [0.4, 0.5) is 0 Å². The van der Waals surface area contributed by atoms with Gasteiger partial charge in [0, 0.05) is 13.5 Å². The molecule has 0 fully saturated rings. The summed E-state index contributed by atoms with van der Waals surface area (Å²) < 4.78 is 2.97. The van der Waals surface area contributed by atoms with Crippen LogP contribution >= 0.6 is 15.9 Å². The van der Waals surface area contributed by atoms with E-state index in [4.69, 9.17) is 5.84 Å². The highest BCUT2D eigenvalue weighted by Crippen LogP contribution is 2.27. The van der Waals surface area contributed by atoms with Gasteiger partial charge in [0.25, 0.3) is 0 Å². The number of nitrogens with one attached hydrogen (secondary N) is 1. The standard InChI is InChI=1S/C14H21BrN6/c1-5-11-14(15)13(21(4)20-11)7-12(17-16)10-6-8(2)18-19-9(10)3/h6,12,17H,5,7,16H2,1-4H3. The summed E-state index contributed by atoms with van der Waals surface area (Å²) in [6.07, 6.45) is 1.62. The number of aromatic nitrogens is 4. The van der Waals surface area contributed by atoms with Crippen LogP contribution in [0.2, 0.25) is 0 Å². The third-order valence-corrected chi connectivity index (χ3v) is 4.53. The molecule has 2 aromatic heterocycles. The van der Waals surface area contributed by atoms with Crippen molar-refractivity contribution in [3.05, 3.63) is 38.9 Å². The van der Waals surface area contributed by atoms with E-state index in [1.54, 1.807) is 0 Å². The fraction of sp³-hybridized carbons (Fsp3) is 0.500. The first-order valence-corrected chi connectivity index (χ1v) is 7.74. The minimum absolute atomic E-state index is 0.0318. The zero-order chi connectivity index (χ0) is 15.6. The van der Waals surface area contributed by atoms with Crippen molar-refractivity contribution in [2.45, 2.75) is 39.7 Å². The minimum Gasteiger partial charge on any atom is -0.271 e. The quantitative estimate of drug-likeness (QED) is 0.634. The van der Waals surface area contributed by atoms with Crippen LogP contribution in [0.3, 0.4) is 0 Å². The largest absolute Gasteiger partial charge is 0.271 e. The van der Waals surface area contributed by atoms with Gasteiger partial charge < -0.3 is 0 Å². The number of hydrazine groups is 1. The summed E-state index contributed by atoms with van der Waals surface area (Å²) in [5.74, 6) is 5.77. The second-order valence-corrected chi connectivity index (χ2v) is 5.93. The van der Waals surface area contributed by atoms with Crippen molar-refractivity contribution in [2.24, 2.45) is 12.9 Å². The fourth-order valence-electron chi connectivity index (χ4n) is 2.42. The van der Waals surface area contributed by atoms with Crippen LogP contribution in [0, 0.1) is 13.8 Å². The maximum absolute atomic E-state index is 5.77. The molecule has 0 saturated carbocycles. The van der Waals surface area contributed by atoms with Gasteiger partial charge in [-0.15, -0.1) is 0 Å². The molecule has 2 aromatic rings. The lowest BCUT2D eigenvalue weighted by atomic mass is 10.0. The van der Waals surface area contributed by atoms with Crippen LogP contribution in [0.25, 0.3) is 0 Å². The molecule has 0 spiro atoms. The van der Waals surface area contributed by atoms with Gasteiger partial charge in [0.05, 0.1) is 33.3 Å². The van der Waals surface area contributed by atoms with Crippen LogP contribution in [-0.4, -0.2) is 20.0 Å². The molecule has 0 saturated heterocycles. The van der Waals surface area contributed by atoms with Crippen LogP contribution in [0.1, 0.15) is 41.3 Å². The Bertz CT molecular complexity index is 637. The molecule has 0 amide bonds. The summed E-state index contributed by atoms with van der Waals surface area (Å²) >= 11 is 3.65. The van der Waals surface area contributed by atoms with Crippen LogP contribution in [-0.2, 0) is 19.9 Å². The second-order valence-electron chi connectivity index (χ2n) is 5.13. The number of nitrogens with two attached hydrogens (primary N) is 1. The zero-order valence-electron chi connectivity index (χ0n) is 12.8. The van der Waals surface area contributed by atoms with E-state index in [-0.39, 0.29) is 6.04 Å². The molecule has 0 aromatic carbocycles. The fourth-order valence-corrected chi connectivity index (χ4v) is 3.19. The molecule has 1 atom stereocenters. The third-order valence-electron chi connectivity index (χ3n) is 3.62. The SMILES string of the molecule is CCc1nn(C)c(CC(NN)c2cc(C)nnc2C)c1Br. The first-order chi connectivity index (χ1) is 9.97. The van der Waals surface area contributed by atoms with Crippen LogP contribution in [0.5, 0.6) is 0 Å². The van der Waals surface area contributed by atoms with Crippen molar-refractivity contribution in [2.75, 3.05) is 0 Å². The average molecular weight is 353 g/mol. The Balaban J connectivity index is 2.36.